The Morgan fingerprint density at radius 1 is 0.931 bits per heavy atom. The highest BCUT2D eigenvalue weighted by Gasteiger charge is 2.28. The molecule has 1 saturated carbocycles. The summed E-state index contributed by atoms with van der Waals surface area (Å²) >= 11 is 0. The van der Waals surface area contributed by atoms with Crippen LogP contribution in [0, 0.1) is 5.92 Å². The van der Waals surface area contributed by atoms with Gasteiger partial charge in [-0.3, -0.25) is 4.90 Å². The summed E-state index contributed by atoms with van der Waals surface area (Å²) < 4.78 is 27.3. The van der Waals surface area contributed by atoms with Gasteiger partial charge in [-0.05, 0) is 37.9 Å². The van der Waals surface area contributed by atoms with Gasteiger partial charge >= 0.3 is 0 Å². The van der Waals surface area contributed by atoms with E-state index in [1.807, 2.05) is 13.1 Å². The van der Waals surface area contributed by atoms with E-state index in [-0.39, 0.29) is 0 Å². The van der Waals surface area contributed by atoms with Crippen LogP contribution in [-0.4, -0.2) is 93.5 Å². The van der Waals surface area contributed by atoms with Gasteiger partial charge in [-0.2, -0.15) is 4.31 Å². The minimum Gasteiger partial charge on any atom is -0.354 e. The van der Waals surface area contributed by atoms with Gasteiger partial charge in [-0.1, -0.05) is 19.3 Å². The van der Waals surface area contributed by atoms with Crippen molar-refractivity contribution in [1.29, 1.82) is 0 Å². The number of piperazine rings is 2. The first-order valence-corrected chi connectivity index (χ1v) is 12.6. The maximum atomic E-state index is 12.9. The van der Waals surface area contributed by atoms with Crippen LogP contribution in [0.4, 0.5) is 5.82 Å². The molecule has 0 spiro atoms. The van der Waals surface area contributed by atoms with Crippen molar-refractivity contribution in [1.82, 2.24) is 19.1 Å². The third kappa shape index (κ3) is 5.10. The molecule has 0 amide bonds. The first-order chi connectivity index (χ1) is 14.0. The average molecular weight is 422 g/mol. The highest BCUT2D eigenvalue weighted by Crippen LogP contribution is 2.25. The summed E-state index contributed by atoms with van der Waals surface area (Å²) in [6.45, 7) is 7.94. The lowest BCUT2D eigenvalue weighted by molar-refractivity contribution is 0.192. The van der Waals surface area contributed by atoms with E-state index in [9.17, 15) is 8.42 Å². The van der Waals surface area contributed by atoms with Crippen LogP contribution in [0.1, 0.15) is 32.1 Å². The molecular weight excluding hydrogens is 386 g/mol. The maximum absolute atomic E-state index is 12.9. The van der Waals surface area contributed by atoms with Gasteiger partial charge in [-0.25, -0.2) is 13.4 Å². The van der Waals surface area contributed by atoms with Crippen molar-refractivity contribution in [2.24, 2.45) is 5.92 Å². The molecule has 0 N–H and O–H groups in total. The lowest BCUT2D eigenvalue weighted by atomic mass is 9.89. The molecule has 3 heterocycles. The number of aromatic nitrogens is 1. The van der Waals surface area contributed by atoms with Gasteiger partial charge < -0.3 is 9.80 Å². The number of nitrogens with zero attached hydrogens (tertiary/aromatic N) is 5. The molecule has 4 rings (SSSR count). The van der Waals surface area contributed by atoms with Crippen molar-refractivity contribution < 1.29 is 8.42 Å². The Morgan fingerprint density at radius 2 is 1.62 bits per heavy atom. The molecule has 0 atom stereocenters. The van der Waals surface area contributed by atoms with E-state index < -0.39 is 10.0 Å². The Hall–Kier alpha value is -1.22. The Morgan fingerprint density at radius 3 is 2.24 bits per heavy atom. The molecule has 1 aliphatic carbocycles. The monoisotopic (exact) mass is 421 g/mol. The molecule has 0 radical (unpaired) electrons. The van der Waals surface area contributed by atoms with Crippen LogP contribution >= 0.6 is 0 Å². The molecule has 0 unspecified atom stereocenters. The first-order valence-electron chi connectivity index (χ1n) is 11.1. The molecular formula is C21H35N5O2S. The summed E-state index contributed by atoms with van der Waals surface area (Å²) in [4.78, 5) is 11.8. The van der Waals surface area contributed by atoms with Gasteiger partial charge in [-0.15, -0.1) is 0 Å². The third-order valence-electron chi connectivity index (χ3n) is 6.76. The van der Waals surface area contributed by atoms with Crippen molar-refractivity contribution >= 4 is 15.8 Å². The molecule has 8 heteroatoms. The van der Waals surface area contributed by atoms with Crippen molar-refractivity contribution in [2.45, 2.75) is 37.0 Å². The second-order valence-corrected chi connectivity index (χ2v) is 10.8. The highest BCUT2D eigenvalue weighted by molar-refractivity contribution is 7.89. The van der Waals surface area contributed by atoms with Crippen LogP contribution in [0.3, 0.4) is 0 Å². The number of rotatable bonds is 5. The number of likely N-dealkylation sites (N-methyl/N-ethyl adjacent to an activating group) is 1. The molecule has 3 aliphatic rings. The topological polar surface area (TPSA) is 60.0 Å². The van der Waals surface area contributed by atoms with Crippen molar-refractivity contribution in [3.8, 4) is 0 Å². The van der Waals surface area contributed by atoms with Gasteiger partial charge in [0.2, 0.25) is 10.0 Å². The number of hydrogen-bond acceptors (Lipinski definition) is 6. The number of anilines is 1. The van der Waals surface area contributed by atoms with Gasteiger partial charge in [0.1, 0.15) is 10.7 Å². The molecule has 2 aliphatic heterocycles. The zero-order valence-corrected chi connectivity index (χ0v) is 18.5. The predicted molar refractivity (Wildman–Crippen MR) is 116 cm³/mol. The van der Waals surface area contributed by atoms with Gasteiger partial charge in [0.25, 0.3) is 0 Å². The van der Waals surface area contributed by atoms with Gasteiger partial charge in [0, 0.05) is 65.1 Å². The summed E-state index contributed by atoms with van der Waals surface area (Å²) in [6.07, 6.45) is 8.54. The average Bonchev–Trinajstić information content (AvgIpc) is 2.75. The summed E-state index contributed by atoms with van der Waals surface area (Å²) in [5.41, 5.74) is 0. The number of hydrogen-bond donors (Lipinski definition) is 0. The highest BCUT2D eigenvalue weighted by atomic mass is 32.2. The number of sulfonamides is 1. The van der Waals surface area contributed by atoms with E-state index in [0.717, 1.165) is 51.0 Å². The molecule has 1 aromatic heterocycles. The molecule has 3 fully saturated rings. The molecule has 0 aromatic carbocycles. The molecule has 1 aromatic rings. The Balaban J connectivity index is 1.31. The van der Waals surface area contributed by atoms with E-state index >= 15 is 0 Å². The van der Waals surface area contributed by atoms with Gasteiger partial charge in [0.15, 0.2) is 0 Å². The smallest absolute Gasteiger partial charge is 0.244 e. The normalized spacial score (nSPS) is 24.1. The van der Waals surface area contributed by atoms with Crippen LogP contribution in [-0.2, 0) is 10.0 Å². The minimum absolute atomic E-state index is 0.307. The van der Waals surface area contributed by atoms with Crippen LogP contribution < -0.4 is 4.90 Å². The minimum atomic E-state index is -3.44. The van der Waals surface area contributed by atoms with Crippen LogP contribution in [0.15, 0.2) is 23.2 Å². The number of pyridine rings is 1. The standard InChI is InChI=1S/C21H35N5O2S/c1-23-9-15-26(16-10-23)29(27,28)20-7-8-21(22-17-20)25-13-11-24(12-14-25)18-19-5-3-2-4-6-19/h7-8,17,19H,2-6,9-16,18H2,1H3. The zero-order chi connectivity index (χ0) is 20.3. The zero-order valence-electron chi connectivity index (χ0n) is 17.7. The lowest BCUT2D eigenvalue weighted by Gasteiger charge is -2.37. The molecule has 2 saturated heterocycles. The quantitative estimate of drug-likeness (QED) is 0.722. The van der Waals surface area contributed by atoms with Gasteiger partial charge in [0.05, 0.1) is 0 Å². The Labute approximate surface area is 175 Å². The van der Waals surface area contributed by atoms with Crippen molar-refractivity contribution in [2.75, 3.05) is 70.9 Å². The lowest BCUT2D eigenvalue weighted by Crippen LogP contribution is -2.48. The second-order valence-electron chi connectivity index (χ2n) is 8.85. The maximum Gasteiger partial charge on any atom is 0.244 e. The third-order valence-corrected chi connectivity index (χ3v) is 8.64. The first kappa shape index (κ1) is 21.0. The van der Waals surface area contributed by atoms with E-state index in [1.54, 1.807) is 10.4 Å². The summed E-state index contributed by atoms with van der Waals surface area (Å²) in [5.74, 6) is 1.77. The van der Waals surface area contributed by atoms with E-state index in [0.29, 0.717) is 18.0 Å². The van der Waals surface area contributed by atoms with Crippen LogP contribution in [0.2, 0.25) is 0 Å². The van der Waals surface area contributed by atoms with Crippen molar-refractivity contribution in [3.63, 3.8) is 0 Å². The van der Waals surface area contributed by atoms with Crippen molar-refractivity contribution in [3.05, 3.63) is 18.3 Å². The molecule has 7 nitrogen and oxygen atoms in total. The van der Waals surface area contributed by atoms with Crippen LogP contribution in [0.25, 0.3) is 0 Å². The van der Waals surface area contributed by atoms with E-state index in [2.05, 4.69) is 19.7 Å². The second kappa shape index (κ2) is 9.29. The summed E-state index contributed by atoms with van der Waals surface area (Å²) in [5, 5.41) is 0. The van der Waals surface area contributed by atoms with E-state index in [1.165, 1.54) is 44.8 Å². The fourth-order valence-corrected chi connectivity index (χ4v) is 6.15. The Kier molecular flexibility index (Phi) is 6.73. The molecule has 29 heavy (non-hydrogen) atoms. The summed E-state index contributed by atoms with van der Waals surface area (Å²) in [6, 6.07) is 3.60. The predicted octanol–water partition coefficient (Wildman–Crippen LogP) is 1.72. The largest absolute Gasteiger partial charge is 0.354 e. The fraction of sp³-hybridized carbons (Fsp3) is 0.762. The molecule has 0 bridgehead atoms. The van der Waals surface area contributed by atoms with Crippen LogP contribution in [0.5, 0.6) is 0 Å². The Bertz CT molecular complexity index is 748. The summed E-state index contributed by atoms with van der Waals surface area (Å²) in [7, 11) is -1.42. The van der Waals surface area contributed by atoms with E-state index in [4.69, 9.17) is 0 Å². The SMILES string of the molecule is CN1CCN(S(=O)(=O)c2ccc(N3CCN(CC4CCCCC4)CC3)nc2)CC1. The fourth-order valence-electron chi connectivity index (χ4n) is 4.78. The molecule has 162 valence electrons.